The summed E-state index contributed by atoms with van der Waals surface area (Å²) in [4.78, 5) is 38.6. The number of benzene rings is 1. The number of H-pyrrole nitrogens is 1. The van der Waals surface area contributed by atoms with Gasteiger partial charge in [-0.25, -0.2) is 19.6 Å². The van der Waals surface area contributed by atoms with Gasteiger partial charge in [0.2, 0.25) is 0 Å². The van der Waals surface area contributed by atoms with E-state index < -0.39 is 23.5 Å². The van der Waals surface area contributed by atoms with Crippen LogP contribution in [0.5, 0.6) is 0 Å². The number of rotatable bonds is 2. The van der Waals surface area contributed by atoms with Gasteiger partial charge in [0.05, 0.1) is 28.0 Å². The van der Waals surface area contributed by atoms with Crippen molar-refractivity contribution < 1.29 is 18.0 Å². The molecule has 1 unspecified atom stereocenters. The largest absolute Gasteiger partial charge is 0.416 e. The zero-order valence-corrected chi connectivity index (χ0v) is 17.6. The number of urea groups is 1. The fourth-order valence-corrected chi connectivity index (χ4v) is 4.40. The summed E-state index contributed by atoms with van der Waals surface area (Å²) < 4.78 is 39.7. The van der Waals surface area contributed by atoms with Crippen molar-refractivity contribution in [1.29, 1.82) is 0 Å². The highest BCUT2D eigenvalue weighted by Gasteiger charge is 2.41. The van der Waals surface area contributed by atoms with Crippen LogP contribution in [-0.4, -0.2) is 40.1 Å². The summed E-state index contributed by atoms with van der Waals surface area (Å²) in [6.07, 6.45) is -2.58. The molecule has 33 heavy (non-hydrogen) atoms. The summed E-state index contributed by atoms with van der Waals surface area (Å²) in [5.74, 6) is 0.448. The number of nitrogens with zero attached hydrogens (tertiary/aromatic N) is 4. The second-order valence-electron chi connectivity index (χ2n) is 7.72. The Morgan fingerprint density at radius 3 is 2.82 bits per heavy atom. The number of alkyl halides is 3. The summed E-state index contributed by atoms with van der Waals surface area (Å²) in [5.41, 5.74) is -0.502. The Hall–Kier alpha value is -3.60. The lowest BCUT2D eigenvalue weighted by Crippen LogP contribution is -2.48. The number of aromatic amines is 1. The lowest BCUT2D eigenvalue weighted by molar-refractivity contribution is -0.137. The van der Waals surface area contributed by atoms with E-state index in [2.05, 4.69) is 20.3 Å². The Kier molecular flexibility index (Phi) is 5.00. The Morgan fingerprint density at radius 2 is 2.06 bits per heavy atom. The molecule has 0 saturated carbocycles. The van der Waals surface area contributed by atoms with Gasteiger partial charge in [-0.05, 0) is 30.7 Å². The Labute approximate surface area is 190 Å². The lowest BCUT2D eigenvalue weighted by atomic mass is 10.1. The molecule has 1 aromatic carbocycles. The first-order valence-corrected chi connectivity index (χ1v) is 10.4. The van der Waals surface area contributed by atoms with Crippen molar-refractivity contribution in [3.05, 3.63) is 63.7 Å². The van der Waals surface area contributed by atoms with Crippen LogP contribution in [0.3, 0.4) is 0 Å². The van der Waals surface area contributed by atoms with Gasteiger partial charge >= 0.3 is 17.9 Å². The van der Waals surface area contributed by atoms with E-state index in [-0.39, 0.29) is 34.0 Å². The zero-order chi connectivity index (χ0) is 23.3. The number of nitrogens with one attached hydrogen (secondary N) is 2. The van der Waals surface area contributed by atoms with Gasteiger partial charge in [-0.15, -0.1) is 0 Å². The first-order valence-electron chi connectivity index (χ1n) is 9.99. The third-order valence-electron chi connectivity index (χ3n) is 5.63. The molecule has 1 atom stereocenters. The number of anilines is 3. The molecule has 2 bridgehead atoms. The summed E-state index contributed by atoms with van der Waals surface area (Å²) >= 11 is 6.44. The quantitative estimate of drug-likeness (QED) is 0.580. The maximum absolute atomic E-state index is 13.2. The fraction of sp³-hybridized carbons (Fsp3) is 0.238. The van der Waals surface area contributed by atoms with E-state index >= 15 is 0 Å². The third kappa shape index (κ3) is 3.88. The lowest BCUT2D eigenvalue weighted by Gasteiger charge is -2.36. The SMILES string of the molecule is O=C(Nc1ccnc(=O)[nH]1)N1c2nc(-c3cccc(C(F)(F)F)c3)c(Cl)cc2N2CCC1C2. The molecule has 0 spiro atoms. The molecule has 4 heterocycles. The second kappa shape index (κ2) is 7.77. The molecule has 2 aliphatic rings. The van der Waals surface area contributed by atoms with Gasteiger partial charge in [0, 0.05) is 24.8 Å². The predicted octanol–water partition coefficient (Wildman–Crippen LogP) is 4.13. The minimum atomic E-state index is -4.52. The van der Waals surface area contributed by atoms with E-state index in [1.165, 1.54) is 29.3 Å². The number of carbonyl (C=O) groups excluding carboxylic acids is 1. The number of carbonyl (C=O) groups is 1. The van der Waals surface area contributed by atoms with E-state index in [1.807, 2.05) is 4.90 Å². The number of aromatic nitrogens is 3. The van der Waals surface area contributed by atoms with E-state index in [1.54, 1.807) is 6.07 Å². The summed E-state index contributed by atoms with van der Waals surface area (Å²) in [6, 6.07) is 7.04. The number of amides is 2. The molecule has 3 aromatic rings. The molecule has 8 nitrogen and oxygen atoms in total. The van der Waals surface area contributed by atoms with Crippen LogP contribution in [-0.2, 0) is 6.18 Å². The zero-order valence-electron chi connectivity index (χ0n) is 16.9. The minimum Gasteiger partial charge on any atom is -0.366 e. The van der Waals surface area contributed by atoms with Gasteiger partial charge in [-0.1, -0.05) is 23.7 Å². The topological polar surface area (TPSA) is 94.2 Å². The van der Waals surface area contributed by atoms with Crippen LogP contribution in [0.2, 0.25) is 5.02 Å². The van der Waals surface area contributed by atoms with Crippen LogP contribution in [0.4, 0.5) is 35.3 Å². The first kappa shape index (κ1) is 21.3. The molecule has 2 N–H and O–H groups in total. The summed E-state index contributed by atoms with van der Waals surface area (Å²) in [6.45, 7) is 1.24. The van der Waals surface area contributed by atoms with Crippen molar-refractivity contribution in [2.75, 3.05) is 28.2 Å². The van der Waals surface area contributed by atoms with Gasteiger partial charge in [0.25, 0.3) is 0 Å². The molecule has 2 aromatic heterocycles. The molecule has 1 saturated heterocycles. The van der Waals surface area contributed by atoms with Gasteiger partial charge < -0.3 is 4.90 Å². The van der Waals surface area contributed by atoms with Crippen LogP contribution in [0.1, 0.15) is 12.0 Å². The Balaban J connectivity index is 1.58. The maximum atomic E-state index is 13.2. The number of hydrogen-bond donors (Lipinski definition) is 2. The fourth-order valence-electron chi connectivity index (χ4n) is 4.15. The molecule has 1 fully saturated rings. The molecular weight excluding hydrogens is 461 g/mol. The first-order chi connectivity index (χ1) is 15.7. The highest BCUT2D eigenvalue weighted by molar-refractivity contribution is 6.33. The standard InChI is InChI=1S/C21H16ClF3N6O2/c22-14-9-15-18(29-17(14)11-2-1-3-12(8-11)21(23,24)25)31(13-5-7-30(15)10-13)20(33)28-16-4-6-26-19(32)27-16/h1-4,6,8-9,13H,5,7,10H2,(H2,26,27,28,32,33). The highest BCUT2D eigenvalue weighted by atomic mass is 35.5. The van der Waals surface area contributed by atoms with Crippen molar-refractivity contribution in [3.63, 3.8) is 0 Å². The molecular formula is C21H16ClF3N6O2. The van der Waals surface area contributed by atoms with Crippen LogP contribution < -0.4 is 20.8 Å². The van der Waals surface area contributed by atoms with Crippen LogP contribution in [0.25, 0.3) is 11.3 Å². The Morgan fingerprint density at radius 1 is 1.24 bits per heavy atom. The monoisotopic (exact) mass is 476 g/mol. The summed E-state index contributed by atoms with van der Waals surface area (Å²) in [7, 11) is 0. The number of halogens is 4. The van der Waals surface area contributed by atoms with Gasteiger partial charge in [0.15, 0.2) is 5.82 Å². The number of hydrogen-bond acceptors (Lipinski definition) is 5. The molecule has 2 amide bonds. The second-order valence-corrected chi connectivity index (χ2v) is 8.12. The van der Waals surface area contributed by atoms with Crippen molar-refractivity contribution in [3.8, 4) is 11.3 Å². The third-order valence-corrected chi connectivity index (χ3v) is 5.92. The number of pyridine rings is 1. The van der Waals surface area contributed by atoms with E-state index in [0.717, 1.165) is 12.1 Å². The van der Waals surface area contributed by atoms with Crippen molar-refractivity contribution in [2.24, 2.45) is 0 Å². The van der Waals surface area contributed by atoms with Gasteiger partial charge in [-0.2, -0.15) is 13.2 Å². The van der Waals surface area contributed by atoms with E-state index in [4.69, 9.17) is 11.6 Å². The normalized spacial score (nSPS) is 17.2. The Bertz CT molecular complexity index is 1310. The van der Waals surface area contributed by atoms with Crippen LogP contribution in [0, 0.1) is 0 Å². The van der Waals surface area contributed by atoms with E-state index in [9.17, 15) is 22.8 Å². The van der Waals surface area contributed by atoms with Crippen LogP contribution in [0.15, 0.2) is 47.4 Å². The van der Waals surface area contributed by atoms with Crippen molar-refractivity contribution in [2.45, 2.75) is 18.6 Å². The molecule has 0 aliphatic carbocycles. The van der Waals surface area contributed by atoms with Gasteiger partial charge in [-0.3, -0.25) is 15.2 Å². The average molecular weight is 477 g/mol. The van der Waals surface area contributed by atoms with Crippen molar-refractivity contribution >= 4 is 35.0 Å². The summed E-state index contributed by atoms with van der Waals surface area (Å²) in [5, 5.41) is 2.81. The maximum Gasteiger partial charge on any atom is 0.416 e. The molecule has 170 valence electrons. The predicted molar refractivity (Wildman–Crippen MR) is 117 cm³/mol. The minimum absolute atomic E-state index is 0.138. The molecule has 12 heteroatoms. The molecule has 0 radical (unpaired) electrons. The smallest absolute Gasteiger partial charge is 0.366 e. The molecule has 5 rings (SSSR count). The van der Waals surface area contributed by atoms with E-state index in [0.29, 0.717) is 25.2 Å². The highest BCUT2D eigenvalue weighted by Crippen LogP contribution is 2.43. The average Bonchev–Trinajstić information content (AvgIpc) is 3.18. The number of fused-ring (bicyclic) bond motifs is 4. The molecule has 2 aliphatic heterocycles. The van der Waals surface area contributed by atoms with Crippen LogP contribution >= 0.6 is 11.6 Å². The van der Waals surface area contributed by atoms with Gasteiger partial charge in [0.1, 0.15) is 5.82 Å². The van der Waals surface area contributed by atoms with Crippen molar-refractivity contribution in [1.82, 2.24) is 15.0 Å².